The molecule has 0 aliphatic carbocycles. The molecule has 2 atom stereocenters. The normalized spacial score (nSPS) is 12.7. The average molecular weight is 959 g/mol. The molecular formula is C62H119NO5. The maximum absolute atomic E-state index is 12.5. The van der Waals surface area contributed by atoms with E-state index in [4.69, 9.17) is 4.74 Å². The van der Waals surface area contributed by atoms with Crippen LogP contribution in [-0.4, -0.2) is 47.4 Å². The summed E-state index contributed by atoms with van der Waals surface area (Å²) in [6, 6.07) is -0.586. The monoisotopic (exact) mass is 958 g/mol. The molecule has 0 bridgehead atoms. The summed E-state index contributed by atoms with van der Waals surface area (Å²) >= 11 is 0. The van der Waals surface area contributed by atoms with Gasteiger partial charge in [0.1, 0.15) is 0 Å². The lowest BCUT2D eigenvalue weighted by Crippen LogP contribution is -2.45. The smallest absolute Gasteiger partial charge is 0.305 e. The minimum Gasteiger partial charge on any atom is -0.466 e. The maximum Gasteiger partial charge on any atom is 0.305 e. The summed E-state index contributed by atoms with van der Waals surface area (Å²) in [6.45, 7) is 4.92. The van der Waals surface area contributed by atoms with Crippen LogP contribution >= 0.6 is 0 Å². The van der Waals surface area contributed by atoms with Crippen molar-refractivity contribution in [3.8, 4) is 0 Å². The third-order valence-electron chi connectivity index (χ3n) is 14.3. The summed E-state index contributed by atoms with van der Waals surface area (Å²) in [5.74, 6) is -0.125. The Bertz CT molecular complexity index is 1060. The van der Waals surface area contributed by atoms with Gasteiger partial charge in [0.05, 0.1) is 25.4 Å². The molecule has 1 amide bonds. The SMILES string of the molecule is CCCCCCCCCCCCCCCCCCCCCCCCC(O)C(CO)NC(=O)CC/C=C\C/C=C\CCCCCCCCOC(=O)CCCCCCCCCCCCCCCCCC. The average Bonchev–Trinajstić information content (AvgIpc) is 3.34. The van der Waals surface area contributed by atoms with E-state index >= 15 is 0 Å². The summed E-state index contributed by atoms with van der Waals surface area (Å²) in [5.41, 5.74) is 0. The predicted octanol–water partition coefficient (Wildman–Crippen LogP) is 19.0. The number of ether oxygens (including phenoxy) is 1. The second kappa shape index (κ2) is 57.9. The van der Waals surface area contributed by atoms with E-state index in [2.05, 4.69) is 37.4 Å². The summed E-state index contributed by atoms with van der Waals surface area (Å²) in [5, 5.41) is 23.3. The zero-order valence-electron chi connectivity index (χ0n) is 45.9. The number of carbonyl (C=O) groups is 2. The van der Waals surface area contributed by atoms with E-state index in [0.29, 0.717) is 32.3 Å². The molecular weight excluding hydrogens is 839 g/mol. The van der Waals surface area contributed by atoms with Crippen LogP contribution in [0.2, 0.25) is 0 Å². The highest BCUT2D eigenvalue weighted by atomic mass is 16.5. The van der Waals surface area contributed by atoms with Gasteiger partial charge in [0.25, 0.3) is 0 Å². The van der Waals surface area contributed by atoms with E-state index in [1.54, 1.807) is 0 Å². The summed E-state index contributed by atoms with van der Waals surface area (Å²) in [4.78, 5) is 24.5. The van der Waals surface area contributed by atoms with Crippen LogP contribution < -0.4 is 5.32 Å². The van der Waals surface area contributed by atoms with Gasteiger partial charge in [-0.15, -0.1) is 0 Å². The Morgan fingerprint density at radius 1 is 0.412 bits per heavy atom. The molecule has 0 aromatic heterocycles. The largest absolute Gasteiger partial charge is 0.466 e. The van der Waals surface area contributed by atoms with Crippen molar-refractivity contribution in [2.24, 2.45) is 0 Å². The van der Waals surface area contributed by atoms with Crippen LogP contribution in [0.25, 0.3) is 0 Å². The van der Waals surface area contributed by atoms with Crippen LogP contribution in [0, 0.1) is 0 Å². The van der Waals surface area contributed by atoms with Crippen molar-refractivity contribution < 1.29 is 24.5 Å². The first kappa shape index (κ1) is 66.3. The molecule has 6 heteroatoms. The van der Waals surface area contributed by atoms with E-state index in [0.717, 1.165) is 51.4 Å². The summed E-state index contributed by atoms with van der Waals surface area (Å²) < 4.78 is 5.47. The highest BCUT2D eigenvalue weighted by Gasteiger charge is 2.20. The van der Waals surface area contributed by atoms with Crippen LogP contribution in [0.15, 0.2) is 24.3 Å². The molecule has 402 valence electrons. The van der Waals surface area contributed by atoms with Gasteiger partial charge in [0, 0.05) is 12.8 Å². The topological polar surface area (TPSA) is 95.9 Å². The molecule has 0 saturated heterocycles. The lowest BCUT2D eigenvalue weighted by Gasteiger charge is -2.22. The summed E-state index contributed by atoms with van der Waals surface area (Å²) in [7, 11) is 0. The van der Waals surface area contributed by atoms with Crippen LogP contribution in [-0.2, 0) is 14.3 Å². The zero-order valence-corrected chi connectivity index (χ0v) is 45.9. The number of unbranched alkanes of at least 4 members (excludes halogenated alkanes) is 42. The van der Waals surface area contributed by atoms with Gasteiger partial charge < -0.3 is 20.3 Å². The fourth-order valence-corrected chi connectivity index (χ4v) is 9.57. The molecule has 0 aromatic rings. The molecule has 0 heterocycles. The van der Waals surface area contributed by atoms with Crippen molar-refractivity contribution in [1.82, 2.24) is 5.32 Å². The number of allylic oxidation sites excluding steroid dienone is 4. The molecule has 0 fully saturated rings. The lowest BCUT2D eigenvalue weighted by molar-refractivity contribution is -0.143. The van der Waals surface area contributed by atoms with E-state index < -0.39 is 12.1 Å². The Kier molecular flexibility index (Phi) is 56.5. The number of aliphatic hydroxyl groups is 2. The van der Waals surface area contributed by atoms with Crippen molar-refractivity contribution in [3.05, 3.63) is 24.3 Å². The Labute approximate surface area is 424 Å². The molecule has 68 heavy (non-hydrogen) atoms. The fourth-order valence-electron chi connectivity index (χ4n) is 9.57. The third kappa shape index (κ3) is 53.7. The van der Waals surface area contributed by atoms with E-state index in [-0.39, 0.29) is 18.5 Å². The Hall–Kier alpha value is -1.66. The Morgan fingerprint density at radius 2 is 0.750 bits per heavy atom. The van der Waals surface area contributed by atoms with Crippen LogP contribution in [0.3, 0.4) is 0 Å². The second-order valence-corrected chi connectivity index (χ2v) is 21.0. The molecule has 0 saturated carbocycles. The van der Waals surface area contributed by atoms with Crippen LogP contribution in [0.4, 0.5) is 0 Å². The lowest BCUT2D eigenvalue weighted by atomic mass is 10.0. The minimum atomic E-state index is -0.700. The molecule has 0 rings (SSSR count). The third-order valence-corrected chi connectivity index (χ3v) is 14.3. The number of esters is 1. The molecule has 0 aliphatic rings. The maximum atomic E-state index is 12.5. The second-order valence-electron chi connectivity index (χ2n) is 21.0. The molecule has 0 spiro atoms. The number of nitrogens with one attached hydrogen (secondary N) is 1. The molecule has 6 nitrogen and oxygen atoms in total. The van der Waals surface area contributed by atoms with E-state index in [9.17, 15) is 19.8 Å². The van der Waals surface area contributed by atoms with Crippen molar-refractivity contribution in [3.63, 3.8) is 0 Å². The van der Waals surface area contributed by atoms with Crippen LogP contribution in [0.5, 0.6) is 0 Å². The van der Waals surface area contributed by atoms with Gasteiger partial charge in [-0.05, 0) is 44.9 Å². The van der Waals surface area contributed by atoms with Gasteiger partial charge in [0.15, 0.2) is 0 Å². The molecule has 3 N–H and O–H groups in total. The number of rotatable bonds is 57. The van der Waals surface area contributed by atoms with Crippen molar-refractivity contribution in [1.29, 1.82) is 0 Å². The highest BCUT2D eigenvalue weighted by Crippen LogP contribution is 2.18. The van der Waals surface area contributed by atoms with Gasteiger partial charge in [0.2, 0.25) is 5.91 Å². The first-order chi connectivity index (χ1) is 33.5. The Morgan fingerprint density at radius 3 is 1.15 bits per heavy atom. The van der Waals surface area contributed by atoms with Gasteiger partial charge in [-0.25, -0.2) is 0 Å². The molecule has 0 aliphatic heterocycles. The van der Waals surface area contributed by atoms with E-state index in [1.165, 1.54) is 244 Å². The van der Waals surface area contributed by atoms with Crippen molar-refractivity contribution >= 4 is 11.9 Å². The van der Waals surface area contributed by atoms with Crippen LogP contribution in [0.1, 0.15) is 335 Å². The van der Waals surface area contributed by atoms with Gasteiger partial charge >= 0.3 is 5.97 Å². The number of carbonyl (C=O) groups excluding carboxylic acids is 2. The van der Waals surface area contributed by atoms with Crippen molar-refractivity contribution in [2.45, 2.75) is 347 Å². The predicted molar refractivity (Wildman–Crippen MR) is 296 cm³/mol. The molecule has 2 unspecified atom stereocenters. The minimum absolute atomic E-state index is 0.0127. The number of hydrogen-bond acceptors (Lipinski definition) is 5. The number of amides is 1. The number of aliphatic hydroxyl groups excluding tert-OH is 2. The first-order valence-electron chi connectivity index (χ1n) is 30.6. The first-order valence-corrected chi connectivity index (χ1v) is 30.6. The number of hydrogen-bond donors (Lipinski definition) is 3. The van der Waals surface area contributed by atoms with Crippen molar-refractivity contribution in [2.75, 3.05) is 13.2 Å². The van der Waals surface area contributed by atoms with Gasteiger partial charge in [-0.2, -0.15) is 0 Å². The standard InChI is InChI=1S/C62H119NO5/c1-3-5-7-9-11-13-15-17-19-21-22-23-24-25-26-27-30-34-38-42-46-50-54-60(65)59(58-64)63-61(66)55-51-47-43-39-35-31-29-33-37-41-45-49-53-57-68-62(67)56-52-48-44-40-36-32-28-20-18-16-14-12-10-8-6-4-2/h31,35,43,47,59-60,64-65H,3-30,32-34,36-42,44-46,48-58H2,1-2H3,(H,63,66)/b35-31-,47-43-. The highest BCUT2D eigenvalue weighted by molar-refractivity contribution is 5.76. The quantitative estimate of drug-likeness (QED) is 0.0321. The van der Waals surface area contributed by atoms with E-state index in [1.807, 2.05) is 6.08 Å². The van der Waals surface area contributed by atoms with Gasteiger partial charge in [-0.3, -0.25) is 9.59 Å². The Balaban J connectivity index is 3.51. The fraction of sp³-hybridized carbons (Fsp3) is 0.903. The molecule has 0 aromatic carbocycles. The molecule has 0 radical (unpaired) electrons. The zero-order chi connectivity index (χ0) is 49.3. The van der Waals surface area contributed by atoms with Gasteiger partial charge in [-0.1, -0.05) is 301 Å². The summed E-state index contributed by atoms with van der Waals surface area (Å²) in [6.07, 6.45) is 70.5.